The van der Waals surface area contributed by atoms with Gasteiger partial charge >= 0.3 is 0 Å². The number of hydrogen-bond acceptors (Lipinski definition) is 4. The summed E-state index contributed by atoms with van der Waals surface area (Å²) in [6.07, 6.45) is 3.07. The van der Waals surface area contributed by atoms with Crippen molar-refractivity contribution in [3.8, 4) is 0 Å². The number of aromatic amines is 1. The van der Waals surface area contributed by atoms with Crippen LogP contribution in [0.2, 0.25) is 0 Å². The van der Waals surface area contributed by atoms with Crippen LogP contribution in [-0.2, 0) is 15.6 Å². The van der Waals surface area contributed by atoms with Crippen molar-refractivity contribution in [3.63, 3.8) is 0 Å². The van der Waals surface area contributed by atoms with Gasteiger partial charge in [0.2, 0.25) is 0 Å². The molecule has 1 aromatic heterocycles. The van der Waals surface area contributed by atoms with Gasteiger partial charge in [-0.25, -0.2) is 8.42 Å². The van der Waals surface area contributed by atoms with E-state index in [1.807, 2.05) is 0 Å². The Morgan fingerprint density at radius 1 is 1.04 bits per heavy atom. The van der Waals surface area contributed by atoms with E-state index in [1.54, 1.807) is 60.8 Å². The number of amides is 1. The molecule has 2 aromatic carbocycles. The van der Waals surface area contributed by atoms with Gasteiger partial charge in [0.05, 0.1) is 22.5 Å². The first-order valence-corrected chi connectivity index (χ1v) is 8.87. The number of anilines is 1. The van der Waals surface area contributed by atoms with Crippen LogP contribution in [0.1, 0.15) is 15.9 Å². The van der Waals surface area contributed by atoms with E-state index in [9.17, 15) is 13.2 Å². The molecule has 0 atom stereocenters. The lowest BCUT2D eigenvalue weighted by molar-refractivity contribution is 0.102. The fraction of sp³-hybridized carbons (Fsp3) is 0.0588. The molecule has 0 aliphatic heterocycles. The highest BCUT2D eigenvalue weighted by Gasteiger charge is 2.15. The van der Waals surface area contributed by atoms with E-state index in [2.05, 4.69) is 15.5 Å². The molecular formula is C17H15N3O3S. The summed E-state index contributed by atoms with van der Waals surface area (Å²) in [6.45, 7) is 0. The zero-order valence-electron chi connectivity index (χ0n) is 12.6. The maximum absolute atomic E-state index is 12.3. The van der Waals surface area contributed by atoms with Crippen molar-refractivity contribution in [2.75, 3.05) is 5.32 Å². The van der Waals surface area contributed by atoms with Gasteiger partial charge in [-0.15, -0.1) is 0 Å². The highest BCUT2D eigenvalue weighted by atomic mass is 32.2. The van der Waals surface area contributed by atoms with Crippen LogP contribution >= 0.6 is 0 Å². The van der Waals surface area contributed by atoms with Crippen molar-refractivity contribution in [2.45, 2.75) is 10.6 Å². The Balaban J connectivity index is 1.72. The Hall–Kier alpha value is -2.93. The molecule has 0 aliphatic carbocycles. The fourth-order valence-electron chi connectivity index (χ4n) is 2.21. The maximum atomic E-state index is 12.3. The van der Waals surface area contributed by atoms with Crippen molar-refractivity contribution >= 4 is 21.4 Å². The monoisotopic (exact) mass is 341 g/mol. The molecule has 1 amide bonds. The molecular weight excluding hydrogens is 326 g/mol. The second-order valence-corrected chi connectivity index (χ2v) is 7.20. The largest absolute Gasteiger partial charge is 0.319 e. The first-order chi connectivity index (χ1) is 11.5. The third kappa shape index (κ3) is 3.69. The second kappa shape index (κ2) is 6.67. The Labute approximate surface area is 139 Å². The molecule has 122 valence electrons. The van der Waals surface area contributed by atoms with E-state index >= 15 is 0 Å². The number of sulfone groups is 1. The smallest absolute Gasteiger partial charge is 0.255 e. The summed E-state index contributed by atoms with van der Waals surface area (Å²) in [7, 11) is -3.40. The predicted molar refractivity (Wildman–Crippen MR) is 90.3 cm³/mol. The van der Waals surface area contributed by atoms with Gasteiger partial charge < -0.3 is 5.32 Å². The number of carbonyl (C=O) groups is 1. The van der Waals surface area contributed by atoms with Gasteiger partial charge in [0, 0.05) is 11.8 Å². The van der Waals surface area contributed by atoms with Gasteiger partial charge in [-0.05, 0) is 29.8 Å². The van der Waals surface area contributed by atoms with Gasteiger partial charge in [0.25, 0.3) is 5.91 Å². The lowest BCUT2D eigenvalue weighted by Crippen LogP contribution is -2.11. The van der Waals surface area contributed by atoms with E-state index in [0.29, 0.717) is 16.8 Å². The molecule has 24 heavy (non-hydrogen) atoms. The van der Waals surface area contributed by atoms with Gasteiger partial charge in [-0.2, -0.15) is 5.10 Å². The average Bonchev–Trinajstić information content (AvgIpc) is 3.09. The van der Waals surface area contributed by atoms with E-state index in [4.69, 9.17) is 0 Å². The van der Waals surface area contributed by atoms with Crippen molar-refractivity contribution < 1.29 is 13.2 Å². The highest BCUT2D eigenvalue weighted by molar-refractivity contribution is 7.90. The Morgan fingerprint density at radius 2 is 1.75 bits per heavy atom. The van der Waals surface area contributed by atoms with Crippen molar-refractivity contribution in [3.05, 3.63) is 78.1 Å². The van der Waals surface area contributed by atoms with Crippen LogP contribution in [0.25, 0.3) is 0 Å². The maximum Gasteiger partial charge on any atom is 0.255 e. The van der Waals surface area contributed by atoms with Gasteiger partial charge in [-0.1, -0.05) is 30.3 Å². The third-order valence-corrected chi connectivity index (χ3v) is 5.13. The molecule has 0 fully saturated rings. The molecule has 0 bridgehead atoms. The lowest BCUT2D eigenvalue weighted by atomic mass is 10.1. The number of hydrogen-bond donors (Lipinski definition) is 2. The normalized spacial score (nSPS) is 11.2. The molecule has 0 spiro atoms. The average molecular weight is 341 g/mol. The number of carbonyl (C=O) groups excluding carboxylic acids is 1. The van der Waals surface area contributed by atoms with E-state index < -0.39 is 9.84 Å². The number of nitrogens with one attached hydrogen (secondary N) is 2. The van der Waals surface area contributed by atoms with E-state index in [0.717, 1.165) is 0 Å². The van der Waals surface area contributed by atoms with Crippen LogP contribution in [0.5, 0.6) is 0 Å². The van der Waals surface area contributed by atoms with Crippen molar-refractivity contribution in [1.29, 1.82) is 0 Å². The predicted octanol–water partition coefficient (Wildman–Crippen LogP) is 2.64. The molecule has 6 nitrogen and oxygen atoms in total. The van der Waals surface area contributed by atoms with Gasteiger partial charge in [-0.3, -0.25) is 9.89 Å². The first-order valence-electron chi connectivity index (χ1n) is 7.21. The minimum Gasteiger partial charge on any atom is -0.319 e. The summed E-state index contributed by atoms with van der Waals surface area (Å²) >= 11 is 0. The molecule has 3 aromatic rings. The molecule has 3 rings (SSSR count). The first kappa shape index (κ1) is 15.9. The quantitative estimate of drug-likeness (QED) is 0.746. The summed E-state index contributed by atoms with van der Waals surface area (Å²) in [5.74, 6) is -0.394. The Kier molecular flexibility index (Phi) is 4.43. The summed E-state index contributed by atoms with van der Waals surface area (Å²) < 4.78 is 24.7. The Morgan fingerprint density at radius 3 is 2.38 bits per heavy atom. The standard InChI is InChI=1S/C17H15N3O3S/c21-17(20-15-10-18-19-11-15)14-8-6-13(7-9-14)12-24(22,23)16-4-2-1-3-5-16/h1-11H,12H2,(H,18,19)(H,20,21). The van der Waals surface area contributed by atoms with E-state index in [1.165, 1.54) is 6.20 Å². The third-order valence-electron chi connectivity index (χ3n) is 3.43. The summed E-state index contributed by atoms with van der Waals surface area (Å²) in [5, 5.41) is 9.03. The van der Waals surface area contributed by atoms with Gasteiger partial charge in [0.15, 0.2) is 9.84 Å². The SMILES string of the molecule is O=C(Nc1cn[nH]c1)c1ccc(CS(=O)(=O)c2ccccc2)cc1. The molecule has 0 saturated heterocycles. The van der Waals surface area contributed by atoms with E-state index in [-0.39, 0.29) is 16.6 Å². The summed E-state index contributed by atoms with van der Waals surface area (Å²) in [4.78, 5) is 12.3. The zero-order chi connectivity index (χ0) is 17.0. The molecule has 0 saturated carbocycles. The number of rotatable bonds is 5. The molecule has 0 aliphatic rings. The number of aromatic nitrogens is 2. The topological polar surface area (TPSA) is 91.9 Å². The van der Waals surface area contributed by atoms with Gasteiger partial charge in [0.1, 0.15) is 0 Å². The van der Waals surface area contributed by atoms with Crippen LogP contribution in [0, 0.1) is 0 Å². The zero-order valence-corrected chi connectivity index (χ0v) is 13.5. The molecule has 0 radical (unpaired) electrons. The fourth-order valence-corrected chi connectivity index (χ4v) is 3.58. The summed E-state index contributed by atoms with van der Waals surface area (Å²) in [6, 6.07) is 14.8. The lowest BCUT2D eigenvalue weighted by Gasteiger charge is -2.06. The minimum absolute atomic E-state index is 0.110. The molecule has 1 heterocycles. The number of nitrogens with zero attached hydrogens (tertiary/aromatic N) is 1. The number of benzene rings is 2. The second-order valence-electron chi connectivity index (χ2n) is 5.21. The number of H-pyrrole nitrogens is 1. The molecule has 0 unspecified atom stereocenters. The summed E-state index contributed by atoms with van der Waals surface area (Å²) in [5.41, 5.74) is 1.63. The molecule has 7 heteroatoms. The van der Waals surface area contributed by atoms with Crippen molar-refractivity contribution in [2.24, 2.45) is 0 Å². The van der Waals surface area contributed by atoms with Crippen LogP contribution in [0.3, 0.4) is 0 Å². The minimum atomic E-state index is -3.40. The van der Waals surface area contributed by atoms with Crippen LogP contribution in [0.15, 0.2) is 71.9 Å². The molecule has 2 N–H and O–H groups in total. The van der Waals surface area contributed by atoms with Crippen LogP contribution in [0.4, 0.5) is 5.69 Å². The van der Waals surface area contributed by atoms with Crippen LogP contribution < -0.4 is 5.32 Å². The van der Waals surface area contributed by atoms with Crippen LogP contribution in [-0.4, -0.2) is 24.5 Å². The highest BCUT2D eigenvalue weighted by Crippen LogP contribution is 2.17. The van der Waals surface area contributed by atoms with Crippen molar-refractivity contribution in [1.82, 2.24) is 10.2 Å². The Bertz CT molecular complexity index is 919.